The van der Waals surface area contributed by atoms with Crippen molar-refractivity contribution in [3.05, 3.63) is 52.2 Å². The number of hydrogen-bond donors (Lipinski definition) is 1. The van der Waals surface area contributed by atoms with Crippen LogP contribution in [0.15, 0.2) is 36.5 Å². The first-order chi connectivity index (χ1) is 10.0. The van der Waals surface area contributed by atoms with Crippen molar-refractivity contribution in [3.63, 3.8) is 0 Å². The Morgan fingerprint density at radius 3 is 2.71 bits per heavy atom. The Labute approximate surface area is 120 Å². The predicted molar refractivity (Wildman–Crippen MR) is 74.6 cm³/mol. The monoisotopic (exact) mass is 290 g/mol. The Morgan fingerprint density at radius 2 is 2.10 bits per heavy atom. The van der Waals surface area contributed by atoms with Crippen molar-refractivity contribution in [2.75, 3.05) is 7.11 Å². The number of aliphatic hydroxyl groups excluding tert-OH is 1. The molecule has 1 unspecified atom stereocenters. The molecule has 0 bridgehead atoms. The number of hydrogen-bond acceptors (Lipinski definition) is 6. The summed E-state index contributed by atoms with van der Waals surface area (Å²) in [6, 6.07) is 7.34. The van der Waals surface area contributed by atoms with Gasteiger partial charge in [0, 0.05) is 24.4 Å². The van der Waals surface area contributed by atoms with Gasteiger partial charge in [0.1, 0.15) is 5.75 Å². The second kappa shape index (κ2) is 6.19. The van der Waals surface area contributed by atoms with Gasteiger partial charge in [-0.3, -0.25) is 10.1 Å². The van der Waals surface area contributed by atoms with Gasteiger partial charge in [0.2, 0.25) is 11.6 Å². The Kier molecular flexibility index (Phi) is 4.34. The second-order valence-corrected chi connectivity index (χ2v) is 4.30. The fraction of sp³-hybridized carbons (Fsp3) is 0.214. The van der Waals surface area contributed by atoms with E-state index in [2.05, 4.69) is 4.98 Å². The van der Waals surface area contributed by atoms with Gasteiger partial charge in [-0.05, 0) is 24.6 Å². The van der Waals surface area contributed by atoms with Crippen LogP contribution in [0.5, 0.6) is 17.4 Å². The molecule has 0 saturated heterocycles. The van der Waals surface area contributed by atoms with E-state index in [-0.39, 0.29) is 17.3 Å². The van der Waals surface area contributed by atoms with Gasteiger partial charge in [-0.15, -0.1) is 0 Å². The molecular formula is C14H14N2O5. The van der Waals surface area contributed by atoms with Gasteiger partial charge in [0.05, 0.1) is 18.1 Å². The van der Waals surface area contributed by atoms with E-state index < -0.39 is 11.0 Å². The maximum atomic E-state index is 11.0. The van der Waals surface area contributed by atoms with Gasteiger partial charge in [-0.2, -0.15) is 0 Å². The van der Waals surface area contributed by atoms with E-state index in [1.165, 1.54) is 37.6 Å². The van der Waals surface area contributed by atoms with Crippen molar-refractivity contribution in [2.24, 2.45) is 0 Å². The summed E-state index contributed by atoms with van der Waals surface area (Å²) in [5.74, 6) is 0.613. The summed E-state index contributed by atoms with van der Waals surface area (Å²) in [5.41, 5.74) is 0.408. The van der Waals surface area contributed by atoms with Crippen LogP contribution in [0.2, 0.25) is 0 Å². The highest BCUT2D eigenvalue weighted by Gasteiger charge is 2.17. The summed E-state index contributed by atoms with van der Waals surface area (Å²) in [4.78, 5) is 14.4. The number of nitro benzene ring substituents is 1. The number of aliphatic hydroxyl groups is 1. The molecule has 0 aliphatic rings. The van der Waals surface area contributed by atoms with E-state index in [1.54, 1.807) is 13.0 Å². The molecule has 7 nitrogen and oxygen atoms in total. The molecule has 1 heterocycles. The first kappa shape index (κ1) is 14.7. The zero-order valence-corrected chi connectivity index (χ0v) is 11.5. The number of ether oxygens (including phenoxy) is 2. The zero-order valence-electron chi connectivity index (χ0n) is 11.5. The Bertz CT molecular complexity index is 658. The normalized spacial score (nSPS) is 11.8. The average Bonchev–Trinajstić information content (AvgIpc) is 2.47. The molecule has 7 heteroatoms. The van der Waals surface area contributed by atoms with Crippen LogP contribution in [-0.4, -0.2) is 22.1 Å². The fourth-order valence-electron chi connectivity index (χ4n) is 1.71. The molecule has 0 spiro atoms. The summed E-state index contributed by atoms with van der Waals surface area (Å²) in [7, 11) is 1.46. The van der Waals surface area contributed by atoms with E-state index >= 15 is 0 Å². The number of methoxy groups -OCH3 is 1. The van der Waals surface area contributed by atoms with Gasteiger partial charge in [-0.25, -0.2) is 4.98 Å². The summed E-state index contributed by atoms with van der Waals surface area (Å²) in [6.07, 6.45) is 0.777. The first-order valence-corrected chi connectivity index (χ1v) is 6.15. The van der Waals surface area contributed by atoms with Crippen molar-refractivity contribution in [1.82, 2.24) is 4.98 Å². The largest absolute Gasteiger partial charge is 0.497 e. The molecule has 1 aromatic heterocycles. The maximum Gasteiger partial charge on any atom is 0.311 e. The third kappa shape index (κ3) is 3.46. The highest BCUT2D eigenvalue weighted by molar-refractivity contribution is 5.52. The third-order valence-corrected chi connectivity index (χ3v) is 2.82. The molecular weight excluding hydrogens is 276 g/mol. The van der Waals surface area contributed by atoms with Crippen molar-refractivity contribution in [2.45, 2.75) is 13.0 Å². The lowest BCUT2D eigenvalue weighted by Crippen LogP contribution is -1.97. The van der Waals surface area contributed by atoms with Crippen LogP contribution in [-0.2, 0) is 0 Å². The van der Waals surface area contributed by atoms with E-state index in [1.807, 2.05) is 0 Å². The van der Waals surface area contributed by atoms with Crippen LogP contribution in [0, 0.1) is 10.1 Å². The molecule has 0 saturated carbocycles. The zero-order chi connectivity index (χ0) is 15.4. The lowest BCUT2D eigenvalue weighted by Gasteiger charge is -2.09. The van der Waals surface area contributed by atoms with E-state index in [0.717, 1.165) is 0 Å². The van der Waals surface area contributed by atoms with Crippen LogP contribution in [0.4, 0.5) is 5.69 Å². The van der Waals surface area contributed by atoms with Crippen molar-refractivity contribution in [3.8, 4) is 17.4 Å². The van der Waals surface area contributed by atoms with Gasteiger partial charge in [-0.1, -0.05) is 0 Å². The molecule has 2 rings (SSSR count). The van der Waals surface area contributed by atoms with Crippen molar-refractivity contribution in [1.29, 1.82) is 0 Å². The average molecular weight is 290 g/mol. The molecule has 0 aliphatic heterocycles. The molecule has 110 valence electrons. The van der Waals surface area contributed by atoms with Gasteiger partial charge >= 0.3 is 5.69 Å². The van der Waals surface area contributed by atoms with Crippen LogP contribution in [0.25, 0.3) is 0 Å². The number of benzene rings is 1. The molecule has 0 aliphatic carbocycles. The predicted octanol–water partition coefficient (Wildman–Crippen LogP) is 2.84. The summed E-state index contributed by atoms with van der Waals surface area (Å²) < 4.78 is 10.5. The standard InChI is InChI=1S/C14H14N2O5/c1-9(17)10-5-6-15-14(7-10)21-13-8-11(20-2)3-4-12(13)16(18)19/h3-9,17H,1-2H3. The topological polar surface area (TPSA) is 94.7 Å². The summed E-state index contributed by atoms with van der Waals surface area (Å²) >= 11 is 0. The lowest BCUT2D eigenvalue weighted by molar-refractivity contribution is -0.385. The van der Waals surface area contributed by atoms with Crippen LogP contribution < -0.4 is 9.47 Å². The molecule has 1 N–H and O–H groups in total. The highest BCUT2D eigenvalue weighted by Crippen LogP contribution is 2.34. The third-order valence-electron chi connectivity index (χ3n) is 2.82. The molecule has 21 heavy (non-hydrogen) atoms. The molecule has 0 radical (unpaired) electrons. The van der Waals surface area contributed by atoms with E-state index in [4.69, 9.17) is 9.47 Å². The SMILES string of the molecule is COc1ccc([N+](=O)[O-])c(Oc2cc(C(C)O)ccn2)c1. The quantitative estimate of drug-likeness (QED) is 0.672. The molecule has 2 aromatic rings. The number of nitro groups is 1. The summed E-state index contributed by atoms with van der Waals surface area (Å²) in [5, 5.41) is 20.5. The fourth-order valence-corrected chi connectivity index (χ4v) is 1.71. The molecule has 0 amide bonds. The van der Waals surface area contributed by atoms with Gasteiger partial charge < -0.3 is 14.6 Å². The van der Waals surface area contributed by atoms with Gasteiger partial charge in [0.25, 0.3) is 0 Å². The molecule has 1 atom stereocenters. The van der Waals surface area contributed by atoms with E-state index in [0.29, 0.717) is 11.3 Å². The molecule has 0 fully saturated rings. The van der Waals surface area contributed by atoms with Crippen LogP contribution in [0.3, 0.4) is 0 Å². The van der Waals surface area contributed by atoms with Crippen LogP contribution in [0.1, 0.15) is 18.6 Å². The Morgan fingerprint density at radius 1 is 1.33 bits per heavy atom. The smallest absolute Gasteiger partial charge is 0.311 e. The van der Waals surface area contributed by atoms with Crippen molar-refractivity contribution < 1.29 is 19.5 Å². The van der Waals surface area contributed by atoms with Crippen molar-refractivity contribution >= 4 is 5.69 Å². The number of pyridine rings is 1. The highest BCUT2D eigenvalue weighted by atomic mass is 16.6. The Balaban J connectivity index is 2.38. The minimum absolute atomic E-state index is 0.0228. The first-order valence-electron chi connectivity index (χ1n) is 6.15. The number of rotatable bonds is 5. The van der Waals surface area contributed by atoms with Gasteiger partial charge in [0.15, 0.2) is 0 Å². The summed E-state index contributed by atoms with van der Waals surface area (Å²) in [6.45, 7) is 1.60. The Hall–Kier alpha value is -2.67. The second-order valence-electron chi connectivity index (χ2n) is 4.30. The number of aromatic nitrogens is 1. The van der Waals surface area contributed by atoms with E-state index in [9.17, 15) is 15.2 Å². The maximum absolute atomic E-state index is 11.0. The minimum atomic E-state index is -0.685. The minimum Gasteiger partial charge on any atom is -0.497 e. The molecule has 1 aromatic carbocycles. The lowest BCUT2D eigenvalue weighted by atomic mass is 10.2. The number of nitrogens with zero attached hydrogens (tertiary/aromatic N) is 2. The van der Waals surface area contributed by atoms with Crippen LogP contribution >= 0.6 is 0 Å².